The lowest BCUT2D eigenvalue weighted by atomic mass is 9.94. The van der Waals surface area contributed by atoms with Crippen LogP contribution in [0.15, 0.2) is 41.9 Å². The van der Waals surface area contributed by atoms with E-state index >= 15 is 0 Å². The largest absolute Gasteiger partial charge is 0.368 e. The lowest BCUT2D eigenvalue weighted by Gasteiger charge is -2.40. The number of amides is 1. The third kappa shape index (κ3) is 4.11. The minimum absolute atomic E-state index is 0.123. The standard InChI is InChI=1S/C24H27ClN4OS/c1-17-2-3-19(25)16-21(17)27-11-13-29(14-12-27)24(30)18-5-9-28(10-6-18)23-20-7-15-31-22(20)4-8-26-23/h2-4,7-8,15-16,18H,5-6,9-14H2,1H3. The van der Waals surface area contributed by atoms with Gasteiger partial charge in [-0.3, -0.25) is 4.79 Å². The number of rotatable bonds is 3. The number of fused-ring (bicyclic) bond motifs is 1. The Morgan fingerprint density at radius 2 is 1.81 bits per heavy atom. The first-order valence-electron chi connectivity index (χ1n) is 11.0. The van der Waals surface area contributed by atoms with Crippen molar-refractivity contribution in [3.8, 4) is 0 Å². The fourth-order valence-corrected chi connectivity index (χ4v) is 5.76. The van der Waals surface area contributed by atoms with Crippen LogP contribution in [0.5, 0.6) is 0 Å². The Balaban J connectivity index is 1.18. The van der Waals surface area contributed by atoms with E-state index in [-0.39, 0.29) is 5.92 Å². The summed E-state index contributed by atoms with van der Waals surface area (Å²) in [6, 6.07) is 10.3. The Labute approximate surface area is 192 Å². The number of carbonyl (C=O) groups excluding carboxylic acids is 1. The van der Waals surface area contributed by atoms with E-state index in [2.05, 4.69) is 50.2 Å². The number of pyridine rings is 1. The van der Waals surface area contributed by atoms with E-state index in [0.29, 0.717) is 5.91 Å². The number of piperidine rings is 1. The fraction of sp³-hybridized carbons (Fsp3) is 0.417. The molecule has 0 N–H and O–H groups in total. The molecule has 7 heteroatoms. The Bertz CT molecular complexity index is 1080. The van der Waals surface area contributed by atoms with Gasteiger partial charge in [0.25, 0.3) is 0 Å². The Morgan fingerprint density at radius 1 is 1.03 bits per heavy atom. The second-order valence-electron chi connectivity index (χ2n) is 8.47. The monoisotopic (exact) mass is 454 g/mol. The zero-order chi connectivity index (χ0) is 21.4. The number of aromatic nitrogens is 1. The molecule has 5 rings (SSSR count). The minimum Gasteiger partial charge on any atom is -0.368 e. The van der Waals surface area contributed by atoms with Crippen molar-refractivity contribution in [2.24, 2.45) is 5.92 Å². The molecule has 31 heavy (non-hydrogen) atoms. The van der Waals surface area contributed by atoms with Gasteiger partial charge in [-0.05, 0) is 55.0 Å². The molecule has 2 fully saturated rings. The lowest BCUT2D eigenvalue weighted by molar-refractivity contribution is -0.136. The van der Waals surface area contributed by atoms with Crippen LogP contribution >= 0.6 is 22.9 Å². The Hall–Kier alpha value is -2.31. The highest BCUT2D eigenvalue weighted by molar-refractivity contribution is 7.17. The highest BCUT2D eigenvalue weighted by atomic mass is 35.5. The smallest absolute Gasteiger partial charge is 0.225 e. The number of anilines is 2. The van der Waals surface area contributed by atoms with Gasteiger partial charge in [0.1, 0.15) is 5.82 Å². The number of benzene rings is 1. The molecule has 3 aromatic rings. The van der Waals surface area contributed by atoms with Gasteiger partial charge in [-0.1, -0.05) is 17.7 Å². The summed E-state index contributed by atoms with van der Waals surface area (Å²) in [5, 5.41) is 4.11. The van der Waals surface area contributed by atoms with Crippen LogP contribution in [0.1, 0.15) is 18.4 Å². The van der Waals surface area contributed by atoms with Gasteiger partial charge >= 0.3 is 0 Å². The van der Waals surface area contributed by atoms with Gasteiger partial charge < -0.3 is 14.7 Å². The first kappa shape index (κ1) is 20.6. The van der Waals surface area contributed by atoms with Crippen LogP contribution < -0.4 is 9.80 Å². The molecule has 0 atom stereocenters. The van der Waals surface area contributed by atoms with Gasteiger partial charge in [0.05, 0.1) is 0 Å². The van der Waals surface area contributed by atoms with Crippen molar-refractivity contribution in [1.29, 1.82) is 0 Å². The number of aryl methyl sites for hydroxylation is 1. The van der Waals surface area contributed by atoms with E-state index < -0.39 is 0 Å². The molecule has 2 saturated heterocycles. The second-order valence-corrected chi connectivity index (χ2v) is 9.86. The van der Waals surface area contributed by atoms with E-state index in [1.165, 1.54) is 21.3 Å². The van der Waals surface area contributed by atoms with Crippen molar-refractivity contribution in [2.45, 2.75) is 19.8 Å². The van der Waals surface area contributed by atoms with E-state index in [9.17, 15) is 4.79 Å². The van der Waals surface area contributed by atoms with E-state index in [1.54, 1.807) is 11.3 Å². The molecular weight excluding hydrogens is 428 g/mol. The third-order valence-corrected chi connectivity index (χ3v) is 7.72. The van der Waals surface area contributed by atoms with Crippen LogP contribution in [-0.2, 0) is 4.79 Å². The summed E-state index contributed by atoms with van der Waals surface area (Å²) in [6.07, 6.45) is 3.69. The van der Waals surface area contributed by atoms with Gasteiger partial charge in [0.2, 0.25) is 5.91 Å². The van der Waals surface area contributed by atoms with Crippen LogP contribution in [-0.4, -0.2) is 55.1 Å². The summed E-state index contributed by atoms with van der Waals surface area (Å²) in [6.45, 7) is 7.16. The van der Waals surface area contributed by atoms with E-state index in [4.69, 9.17) is 11.6 Å². The summed E-state index contributed by atoms with van der Waals surface area (Å²) < 4.78 is 1.27. The number of thiophene rings is 1. The fourth-order valence-electron chi connectivity index (χ4n) is 4.82. The van der Waals surface area contributed by atoms with Crippen LogP contribution in [0, 0.1) is 12.8 Å². The minimum atomic E-state index is 0.123. The predicted molar refractivity (Wildman–Crippen MR) is 130 cm³/mol. The first-order valence-corrected chi connectivity index (χ1v) is 12.2. The molecule has 1 amide bonds. The van der Waals surface area contributed by atoms with Crippen molar-refractivity contribution >= 4 is 50.4 Å². The maximum Gasteiger partial charge on any atom is 0.225 e. The molecule has 0 saturated carbocycles. The molecule has 0 spiro atoms. The first-order chi connectivity index (χ1) is 15.1. The Kier molecular flexibility index (Phi) is 5.76. The highest BCUT2D eigenvalue weighted by Crippen LogP contribution is 2.32. The van der Waals surface area contributed by atoms with E-state index in [1.807, 2.05) is 18.3 Å². The average Bonchev–Trinajstić information content (AvgIpc) is 3.30. The molecule has 2 aromatic heterocycles. The number of halogens is 1. The van der Waals surface area contributed by atoms with Crippen molar-refractivity contribution < 1.29 is 4.79 Å². The molecule has 0 bridgehead atoms. The normalized spacial score (nSPS) is 18.1. The quantitative estimate of drug-likeness (QED) is 0.568. The molecule has 0 aliphatic carbocycles. The van der Waals surface area contributed by atoms with Gasteiger partial charge in [0.15, 0.2) is 0 Å². The van der Waals surface area contributed by atoms with Crippen LogP contribution in [0.4, 0.5) is 11.5 Å². The zero-order valence-electron chi connectivity index (χ0n) is 17.8. The molecule has 0 radical (unpaired) electrons. The zero-order valence-corrected chi connectivity index (χ0v) is 19.3. The van der Waals surface area contributed by atoms with Gasteiger partial charge in [0, 0.05) is 72.2 Å². The third-order valence-electron chi connectivity index (χ3n) is 6.61. The molecular formula is C24H27ClN4OS. The van der Waals surface area contributed by atoms with Crippen LogP contribution in [0.25, 0.3) is 10.1 Å². The van der Waals surface area contributed by atoms with Crippen molar-refractivity contribution in [3.63, 3.8) is 0 Å². The van der Waals surface area contributed by atoms with Gasteiger partial charge in [-0.15, -0.1) is 11.3 Å². The van der Waals surface area contributed by atoms with Crippen LogP contribution in [0.2, 0.25) is 5.02 Å². The summed E-state index contributed by atoms with van der Waals surface area (Å²) >= 11 is 7.95. The van der Waals surface area contributed by atoms with E-state index in [0.717, 1.165) is 63.0 Å². The topological polar surface area (TPSA) is 39.7 Å². The number of hydrogen-bond acceptors (Lipinski definition) is 5. The number of carbonyl (C=O) groups is 1. The molecule has 5 nitrogen and oxygen atoms in total. The maximum absolute atomic E-state index is 13.2. The molecule has 2 aliphatic rings. The maximum atomic E-state index is 13.2. The highest BCUT2D eigenvalue weighted by Gasteiger charge is 2.31. The molecule has 4 heterocycles. The lowest BCUT2D eigenvalue weighted by Crippen LogP contribution is -2.52. The molecule has 2 aliphatic heterocycles. The summed E-state index contributed by atoms with van der Waals surface area (Å²) in [5.41, 5.74) is 2.41. The summed E-state index contributed by atoms with van der Waals surface area (Å²) in [4.78, 5) is 24.6. The van der Waals surface area contributed by atoms with Crippen LogP contribution in [0.3, 0.4) is 0 Å². The summed E-state index contributed by atoms with van der Waals surface area (Å²) in [5.74, 6) is 1.51. The molecule has 0 unspecified atom stereocenters. The number of hydrogen-bond donors (Lipinski definition) is 0. The Morgan fingerprint density at radius 3 is 2.58 bits per heavy atom. The number of nitrogens with zero attached hydrogens (tertiary/aromatic N) is 4. The van der Waals surface area contributed by atoms with Gasteiger partial charge in [-0.25, -0.2) is 4.98 Å². The SMILES string of the molecule is Cc1ccc(Cl)cc1N1CCN(C(=O)C2CCN(c3nccc4sccc34)CC2)CC1. The summed E-state index contributed by atoms with van der Waals surface area (Å²) in [7, 11) is 0. The van der Waals surface area contributed by atoms with Gasteiger partial charge in [-0.2, -0.15) is 0 Å². The average molecular weight is 455 g/mol. The van der Waals surface area contributed by atoms with Crippen molar-refractivity contribution in [1.82, 2.24) is 9.88 Å². The number of piperazine rings is 1. The molecule has 162 valence electrons. The second kappa shape index (κ2) is 8.67. The predicted octanol–water partition coefficient (Wildman–Crippen LogP) is 4.82. The van der Waals surface area contributed by atoms with Crippen molar-refractivity contribution in [2.75, 3.05) is 49.1 Å². The molecule has 1 aromatic carbocycles. The van der Waals surface area contributed by atoms with Crippen molar-refractivity contribution in [3.05, 3.63) is 52.5 Å².